The van der Waals surface area contributed by atoms with Gasteiger partial charge >= 0.3 is 0 Å². The maximum atomic E-state index is 6.12. The van der Waals surface area contributed by atoms with Crippen LogP contribution in [0.25, 0.3) is 0 Å². The van der Waals surface area contributed by atoms with Crippen LogP contribution in [0.2, 0.25) is 5.02 Å². The van der Waals surface area contributed by atoms with Crippen molar-refractivity contribution in [2.75, 3.05) is 13.1 Å². The summed E-state index contributed by atoms with van der Waals surface area (Å²) >= 11 is 7.86. The van der Waals surface area contributed by atoms with E-state index in [-0.39, 0.29) is 12.4 Å². The molecule has 1 aliphatic heterocycles. The molecule has 2 atom stereocenters. The molecule has 2 unspecified atom stereocenters. The predicted octanol–water partition coefficient (Wildman–Crippen LogP) is 3.38. The molecule has 1 fully saturated rings. The van der Waals surface area contributed by atoms with E-state index in [0.717, 1.165) is 18.1 Å². The lowest BCUT2D eigenvalue weighted by Gasteiger charge is -2.34. The van der Waals surface area contributed by atoms with E-state index in [0.29, 0.717) is 12.0 Å². The van der Waals surface area contributed by atoms with E-state index < -0.39 is 0 Å². The smallest absolute Gasteiger partial charge is 0.0558 e. The first-order valence-electron chi connectivity index (χ1n) is 5.86. The fourth-order valence-corrected chi connectivity index (χ4v) is 3.44. The van der Waals surface area contributed by atoms with Crippen molar-refractivity contribution in [3.05, 3.63) is 21.3 Å². The zero-order valence-corrected chi connectivity index (χ0v) is 12.5. The molecular formula is C12H20Cl2N2S. The summed E-state index contributed by atoms with van der Waals surface area (Å²) < 4.78 is 0. The summed E-state index contributed by atoms with van der Waals surface area (Å²) in [6, 6.07) is 2.29. The maximum absolute atomic E-state index is 6.12. The number of hydrogen-bond acceptors (Lipinski definition) is 3. The highest BCUT2D eigenvalue weighted by Gasteiger charge is 2.23. The van der Waals surface area contributed by atoms with E-state index >= 15 is 0 Å². The minimum absolute atomic E-state index is 0. The van der Waals surface area contributed by atoms with Crippen LogP contribution in [-0.4, -0.2) is 24.0 Å². The Morgan fingerprint density at radius 3 is 3.00 bits per heavy atom. The second-order valence-corrected chi connectivity index (χ2v) is 6.10. The van der Waals surface area contributed by atoms with Gasteiger partial charge in [0.05, 0.1) is 5.02 Å². The zero-order chi connectivity index (χ0) is 11.5. The van der Waals surface area contributed by atoms with E-state index in [9.17, 15) is 0 Å². The number of piperidine rings is 1. The topological polar surface area (TPSA) is 29.3 Å². The van der Waals surface area contributed by atoms with Crippen molar-refractivity contribution in [3.63, 3.8) is 0 Å². The number of halogens is 2. The molecule has 17 heavy (non-hydrogen) atoms. The van der Waals surface area contributed by atoms with Gasteiger partial charge in [-0.05, 0) is 43.7 Å². The predicted molar refractivity (Wildman–Crippen MR) is 78.2 cm³/mol. The molecule has 0 bridgehead atoms. The summed E-state index contributed by atoms with van der Waals surface area (Å²) in [5.41, 5.74) is 5.98. The minimum Gasteiger partial charge on any atom is -0.328 e. The van der Waals surface area contributed by atoms with Crippen LogP contribution in [0.3, 0.4) is 0 Å². The van der Waals surface area contributed by atoms with Gasteiger partial charge in [0, 0.05) is 24.0 Å². The van der Waals surface area contributed by atoms with Gasteiger partial charge in [-0.15, -0.1) is 23.7 Å². The van der Waals surface area contributed by atoms with E-state index in [1.807, 2.05) is 6.07 Å². The van der Waals surface area contributed by atoms with Gasteiger partial charge in [0.25, 0.3) is 0 Å². The van der Waals surface area contributed by atoms with Gasteiger partial charge in [0.1, 0.15) is 0 Å². The van der Waals surface area contributed by atoms with Crippen molar-refractivity contribution in [1.82, 2.24) is 4.90 Å². The number of likely N-dealkylation sites (tertiary alicyclic amines) is 1. The number of rotatable bonds is 3. The lowest BCUT2D eigenvalue weighted by atomic mass is 9.92. The molecule has 1 aromatic rings. The number of hydrogen-bond donors (Lipinski definition) is 1. The summed E-state index contributed by atoms with van der Waals surface area (Å²) in [5.74, 6) is 0.646. The van der Waals surface area contributed by atoms with E-state index in [1.165, 1.54) is 24.3 Å². The van der Waals surface area contributed by atoms with E-state index in [2.05, 4.69) is 17.2 Å². The Labute approximate surface area is 119 Å². The summed E-state index contributed by atoms with van der Waals surface area (Å²) in [6.45, 7) is 5.40. The molecule has 0 amide bonds. The molecule has 0 spiro atoms. The summed E-state index contributed by atoms with van der Waals surface area (Å²) in [4.78, 5) is 3.77. The summed E-state index contributed by atoms with van der Waals surface area (Å²) in [6.07, 6.45) is 2.53. The third-order valence-corrected chi connectivity index (χ3v) is 4.72. The average molecular weight is 295 g/mol. The van der Waals surface area contributed by atoms with Crippen molar-refractivity contribution in [2.45, 2.75) is 32.4 Å². The quantitative estimate of drug-likeness (QED) is 0.926. The van der Waals surface area contributed by atoms with Crippen LogP contribution in [0.1, 0.15) is 24.6 Å². The standard InChI is InChI=1S/C12H19ClN2S.ClH/c1-9(14)10-3-2-5-15(7-10)8-12-11(13)4-6-16-12;/h4,6,9-10H,2-3,5,7-8,14H2,1H3;1H. The molecule has 1 saturated heterocycles. The largest absolute Gasteiger partial charge is 0.328 e. The SMILES string of the molecule is CC(N)C1CCCN(Cc2sccc2Cl)C1.Cl. The Kier molecular flexibility index (Phi) is 6.24. The Balaban J connectivity index is 0.00000144. The van der Waals surface area contributed by atoms with Crippen LogP contribution in [0.4, 0.5) is 0 Å². The number of nitrogens with two attached hydrogens (primary N) is 1. The van der Waals surface area contributed by atoms with Crippen LogP contribution in [-0.2, 0) is 6.54 Å². The van der Waals surface area contributed by atoms with Crippen molar-refractivity contribution in [2.24, 2.45) is 11.7 Å². The highest BCUT2D eigenvalue weighted by molar-refractivity contribution is 7.10. The van der Waals surface area contributed by atoms with Gasteiger partial charge in [0.15, 0.2) is 0 Å². The molecule has 0 aromatic carbocycles. The zero-order valence-electron chi connectivity index (χ0n) is 10.1. The molecule has 0 saturated carbocycles. The van der Waals surface area contributed by atoms with Gasteiger partial charge in [-0.25, -0.2) is 0 Å². The molecule has 2 N–H and O–H groups in total. The average Bonchev–Trinajstić information content (AvgIpc) is 2.65. The summed E-state index contributed by atoms with van der Waals surface area (Å²) in [7, 11) is 0. The van der Waals surface area contributed by atoms with Crippen LogP contribution >= 0.6 is 35.3 Å². The van der Waals surface area contributed by atoms with Gasteiger partial charge < -0.3 is 5.73 Å². The van der Waals surface area contributed by atoms with Crippen molar-refractivity contribution < 1.29 is 0 Å². The first-order valence-corrected chi connectivity index (χ1v) is 7.12. The van der Waals surface area contributed by atoms with Crippen LogP contribution in [0, 0.1) is 5.92 Å². The Morgan fingerprint density at radius 2 is 2.41 bits per heavy atom. The number of nitrogens with zero attached hydrogens (tertiary/aromatic N) is 1. The lowest BCUT2D eigenvalue weighted by molar-refractivity contribution is 0.155. The highest BCUT2D eigenvalue weighted by Crippen LogP contribution is 2.26. The first kappa shape index (κ1) is 15.3. The monoisotopic (exact) mass is 294 g/mol. The van der Waals surface area contributed by atoms with Crippen LogP contribution in [0.15, 0.2) is 11.4 Å². The molecule has 2 nitrogen and oxygen atoms in total. The molecule has 0 aliphatic carbocycles. The molecule has 0 radical (unpaired) electrons. The lowest BCUT2D eigenvalue weighted by Crippen LogP contribution is -2.41. The van der Waals surface area contributed by atoms with Gasteiger partial charge in [0.2, 0.25) is 0 Å². The van der Waals surface area contributed by atoms with Crippen molar-refractivity contribution >= 4 is 35.3 Å². The molecule has 2 heterocycles. The minimum atomic E-state index is 0. The second-order valence-electron chi connectivity index (χ2n) is 4.69. The van der Waals surface area contributed by atoms with Crippen LogP contribution < -0.4 is 5.73 Å². The molecule has 5 heteroatoms. The fraction of sp³-hybridized carbons (Fsp3) is 0.667. The van der Waals surface area contributed by atoms with Crippen molar-refractivity contribution in [3.8, 4) is 0 Å². The molecule has 98 valence electrons. The molecule has 2 rings (SSSR count). The second kappa shape index (κ2) is 6.95. The number of thiophene rings is 1. The van der Waals surface area contributed by atoms with Gasteiger partial charge in [-0.3, -0.25) is 4.90 Å². The third-order valence-electron chi connectivity index (χ3n) is 3.34. The molecular weight excluding hydrogens is 275 g/mol. The molecule has 1 aliphatic rings. The Hall–Kier alpha value is 0.200. The highest BCUT2D eigenvalue weighted by atomic mass is 35.5. The normalized spacial score (nSPS) is 23.1. The fourth-order valence-electron chi connectivity index (χ4n) is 2.31. The first-order chi connectivity index (χ1) is 7.66. The van der Waals surface area contributed by atoms with E-state index in [1.54, 1.807) is 11.3 Å². The van der Waals surface area contributed by atoms with E-state index in [4.69, 9.17) is 17.3 Å². The Morgan fingerprint density at radius 1 is 1.65 bits per heavy atom. The van der Waals surface area contributed by atoms with Gasteiger partial charge in [-0.1, -0.05) is 11.6 Å². The van der Waals surface area contributed by atoms with Crippen molar-refractivity contribution in [1.29, 1.82) is 0 Å². The Bertz CT molecular complexity index is 341. The maximum Gasteiger partial charge on any atom is 0.0558 e. The van der Waals surface area contributed by atoms with Gasteiger partial charge in [-0.2, -0.15) is 0 Å². The van der Waals surface area contributed by atoms with Crippen LogP contribution in [0.5, 0.6) is 0 Å². The third kappa shape index (κ3) is 4.11. The molecule has 1 aromatic heterocycles. The summed E-state index contributed by atoms with van der Waals surface area (Å²) in [5, 5.41) is 2.97.